The molecule has 0 amide bonds. The van der Waals surface area contributed by atoms with Crippen molar-refractivity contribution in [3.8, 4) is 12.1 Å². The molecule has 3 nitrogen and oxygen atoms in total. The largest absolute Gasteiger partial charge is 0.287 e. The van der Waals surface area contributed by atoms with E-state index in [2.05, 4.69) is 31.3 Å². The van der Waals surface area contributed by atoms with Crippen LogP contribution in [-0.4, -0.2) is 12.1 Å². The number of rotatable bonds is 7. The highest BCUT2D eigenvalue weighted by Gasteiger charge is 2.20. The first kappa shape index (κ1) is 13.9. The Balaban J connectivity index is 4.23. The molecule has 0 bridgehead atoms. The Kier molecular flexibility index (Phi) is 7.68. The van der Waals surface area contributed by atoms with Gasteiger partial charge in [0.15, 0.2) is 0 Å². The SMILES string of the molecule is CCCCC(CC)C(C#N)NC(C)C#N. The van der Waals surface area contributed by atoms with Crippen LogP contribution in [0, 0.1) is 28.6 Å². The van der Waals surface area contributed by atoms with Gasteiger partial charge in [-0.2, -0.15) is 10.5 Å². The summed E-state index contributed by atoms with van der Waals surface area (Å²) in [6.45, 7) is 6.04. The van der Waals surface area contributed by atoms with Crippen LogP contribution in [0.25, 0.3) is 0 Å². The molecule has 0 rings (SSSR count). The van der Waals surface area contributed by atoms with E-state index in [-0.39, 0.29) is 12.1 Å². The van der Waals surface area contributed by atoms with Crippen molar-refractivity contribution in [3.05, 3.63) is 0 Å². The molecule has 0 aromatic carbocycles. The quantitative estimate of drug-likeness (QED) is 0.698. The zero-order valence-corrected chi connectivity index (χ0v) is 9.95. The van der Waals surface area contributed by atoms with Gasteiger partial charge >= 0.3 is 0 Å². The van der Waals surface area contributed by atoms with E-state index in [9.17, 15) is 0 Å². The van der Waals surface area contributed by atoms with Gasteiger partial charge in [-0.3, -0.25) is 5.32 Å². The van der Waals surface area contributed by atoms with Gasteiger partial charge in [0.05, 0.1) is 24.2 Å². The number of nitriles is 2. The monoisotopic (exact) mass is 207 g/mol. The molecule has 84 valence electrons. The molecule has 0 aromatic rings. The molecule has 0 aromatic heterocycles. The van der Waals surface area contributed by atoms with Gasteiger partial charge in [0.1, 0.15) is 0 Å². The maximum Gasteiger partial charge on any atom is 0.0991 e. The normalized spacial score (nSPS) is 16.1. The Morgan fingerprint density at radius 1 is 1.20 bits per heavy atom. The van der Waals surface area contributed by atoms with E-state index >= 15 is 0 Å². The summed E-state index contributed by atoms with van der Waals surface area (Å²) in [5.74, 6) is 0.366. The Morgan fingerprint density at radius 3 is 2.27 bits per heavy atom. The fraction of sp³-hybridized carbons (Fsp3) is 0.833. The lowest BCUT2D eigenvalue weighted by atomic mass is 9.92. The van der Waals surface area contributed by atoms with Crippen LogP contribution in [0.1, 0.15) is 46.5 Å². The van der Waals surface area contributed by atoms with E-state index < -0.39 is 0 Å². The second kappa shape index (κ2) is 8.26. The van der Waals surface area contributed by atoms with E-state index in [4.69, 9.17) is 10.5 Å². The maximum absolute atomic E-state index is 9.05. The standard InChI is InChI=1S/C12H21N3/c1-4-6-7-11(5-2)12(9-14)15-10(3)8-13/h10-12,15H,4-7H2,1-3H3. The highest BCUT2D eigenvalue weighted by atomic mass is 14.9. The molecule has 0 aliphatic carbocycles. The van der Waals surface area contributed by atoms with E-state index in [1.54, 1.807) is 6.92 Å². The predicted octanol–water partition coefficient (Wildman–Crippen LogP) is 2.60. The Hall–Kier alpha value is -1.06. The minimum absolute atomic E-state index is 0.184. The first-order valence-corrected chi connectivity index (χ1v) is 5.74. The van der Waals surface area contributed by atoms with Crippen LogP contribution < -0.4 is 5.32 Å². The summed E-state index contributed by atoms with van der Waals surface area (Å²) in [5.41, 5.74) is 0. The van der Waals surface area contributed by atoms with Crippen molar-refractivity contribution in [1.29, 1.82) is 10.5 Å². The van der Waals surface area contributed by atoms with Crippen LogP contribution in [0.5, 0.6) is 0 Å². The zero-order valence-electron chi connectivity index (χ0n) is 9.95. The van der Waals surface area contributed by atoms with Crippen LogP contribution in [0.4, 0.5) is 0 Å². The third-order valence-corrected chi connectivity index (χ3v) is 2.69. The molecule has 0 heterocycles. The molecule has 15 heavy (non-hydrogen) atoms. The molecule has 0 aliphatic heterocycles. The molecule has 1 N–H and O–H groups in total. The Morgan fingerprint density at radius 2 is 1.87 bits per heavy atom. The summed E-state index contributed by atoms with van der Waals surface area (Å²) in [6.07, 6.45) is 4.36. The smallest absolute Gasteiger partial charge is 0.0991 e. The second-order valence-corrected chi connectivity index (χ2v) is 3.93. The number of nitrogens with one attached hydrogen (secondary N) is 1. The fourth-order valence-corrected chi connectivity index (χ4v) is 1.66. The summed E-state index contributed by atoms with van der Waals surface area (Å²) in [5, 5.41) is 20.8. The van der Waals surface area contributed by atoms with E-state index in [0.717, 1.165) is 25.7 Å². The summed E-state index contributed by atoms with van der Waals surface area (Å²) < 4.78 is 0. The summed E-state index contributed by atoms with van der Waals surface area (Å²) in [4.78, 5) is 0. The summed E-state index contributed by atoms with van der Waals surface area (Å²) in [7, 11) is 0. The third kappa shape index (κ3) is 5.40. The first-order chi connectivity index (χ1) is 7.19. The first-order valence-electron chi connectivity index (χ1n) is 5.74. The topological polar surface area (TPSA) is 59.6 Å². The molecule has 0 aliphatic rings. The van der Waals surface area contributed by atoms with Crippen molar-refractivity contribution in [2.75, 3.05) is 0 Å². The highest BCUT2D eigenvalue weighted by molar-refractivity contribution is 4.99. The van der Waals surface area contributed by atoms with Crippen LogP contribution >= 0.6 is 0 Å². The number of hydrogen-bond donors (Lipinski definition) is 1. The Labute approximate surface area is 93.1 Å². The molecule has 0 radical (unpaired) electrons. The molecule has 3 atom stereocenters. The lowest BCUT2D eigenvalue weighted by Crippen LogP contribution is -2.39. The van der Waals surface area contributed by atoms with E-state index in [0.29, 0.717) is 5.92 Å². The number of unbranched alkanes of at least 4 members (excludes halogenated alkanes) is 1. The van der Waals surface area contributed by atoms with Gasteiger partial charge in [0.2, 0.25) is 0 Å². The lowest BCUT2D eigenvalue weighted by Gasteiger charge is -2.22. The van der Waals surface area contributed by atoms with Gasteiger partial charge in [-0.15, -0.1) is 0 Å². The van der Waals surface area contributed by atoms with Crippen LogP contribution in [0.2, 0.25) is 0 Å². The predicted molar refractivity (Wildman–Crippen MR) is 60.9 cm³/mol. The number of hydrogen-bond acceptors (Lipinski definition) is 3. The third-order valence-electron chi connectivity index (χ3n) is 2.69. The van der Waals surface area contributed by atoms with Gasteiger partial charge in [-0.25, -0.2) is 0 Å². The van der Waals surface area contributed by atoms with Gasteiger partial charge in [0.25, 0.3) is 0 Å². The summed E-state index contributed by atoms with van der Waals surface area (Å²) in [6, 6.07) is 3.94. The van der Waals surface area contributed by atoms with Gasteiger partial charge in [0, 0.05) is 0 Å². The van der Waals surface area contributed by atoms with Crippen LogP contribution in [0.3, 0.4) is 0 Å². The molecule has 0 fully saturated rings. The minimum Gasteiger partial charge on any atom is -0.287 e. The average Bonchev–Trinajstić information content (AvgIpc) is 2.27. The second-order valence-electron chi connectivity index (χ2n) is 3.93. The molecular weight excluding hydrogens is 186 g/mol. The number of nitrogens with zero attached hydrogens (tertiary/aromatic N) is 2. The van der Waals surface area contributed by atoms with Crippen LogP contribution in [-0.2, 0) is 0 Å². The Bertz CT molecular complexity index is 236. The lowest BCUT2D eigenvalue weighted by molar-refractivity contribution is 0.359. The average molecular weight is 207 g/mol. The van der Waals surface area contributed by atoms with Crippen molar-refractivity contribution in [2.24, 2.45) is 5.92 Å². The van der Waals surface area contributed by atoms with E-state index in [1.807, 2.05) is 0 Å². The molecule has 0 saturated heterocycles. The molecule has 3 unspecified atom stereocenters. The van der Waals surface area contributed by atoms with Crippen molar-refractivity contribution in [3.63, 3.8) is 0 Å². The molecule has 3 heteroatoms. The van der Waals surface area contributed by atoms with Gasteiger partial charge < -0.3 is 0 Å². The maximum atomic E-state index is 9.05. The molecule has 0 spiro atoms. The highest BCUT2D eigenvalue weighted by Crippen LogP contribution is 2.17. The summed E-state index contributed by atoms with van der Waals surface area (Å²) >= 11 is 0. The van der Waals surface area contributed by atoms with E-state index in [1.165, 1.54) is 0 Å². The van der Waals surface area contributed by atoms with Crippen molar-refractivity contribution < 1.29 is 0 Å². The van der Waals surface area contributed by atoms with Gasteiger partial charge in [-0.05, 0) is 19.3 Å². The van der Waals surface area contributed by atoms with Gasteiger partial charge in [-0.1, -0.05) is 33.1 Å². The fourth-order valence-electron chi connectivity index (χ4n) is 1.66. The van der Waals surface area contributed by atoms with Crippen LogP contribution in [0.15, 0.2) is 0 Å². The minimum atomic E-state index is -0.245. The molecular formula is C12H21N3. The van der Waals surface area contributed by atoms with Crippen molar-refractivity contribution in [2.45, 2.75) is 58.5 Å². The van der Waals surface area contributed by atoms with Crippen molar-refractivity contribution >= 4 is 0 Å². The zero-order chi connectivity index (χ0) is 11.7. The van der Waals surface area contributed by atoms with Crippen molar-refractivity contribution in [1.82, 2.24) is 5.32 Å². The molecule has 0 saturated carbocycles.